The van der Waals surface area contributed by atoms with Gasteiger partial charge in [-0.2, -0.15) is 0 Å². The van der Waals surface area contributed by atoms with E-state index in [1.54, 1.807) is 13.4 Å². The van der Waals surface area contributed by atoms with Crippen LogP contribution >= 0.6 is 0 Å². The van der Waals surface area contributed by atoms with Gasteiger partial charge >= 0.3 is 0 Å². The number of nitrogens with zero attached hydrogens (tertiary/aromatic N) is 1. The van der Waals surface area contributed by atoms with Crippen LogP contribution in [0.3, 0.4) is 0 Å². The summed E-state index contributed by atoms with van der Waals surface area (Å²) in [6.07, 6.45) is 3.04. The minimum atomic E-state index is 0.694. The van der Waals surface area contributed by atoms with Crippen LogP contribution in [0.2, 0.25) is 0 Å². The number of nitrogens with one attached hydrogen (secondary N) is 1. The summed E-state index contributed by atoms with van der Waals surface area (Å²) in [6.45, 7) is 8.09. The molecule has 4 nitrogen and oxygen atoms in total. The molecule has 0 saturated carbocycles. The molecule has 1 aliphatic rings. The number of rotatable bonds is 7. The molecular weight excluding hydrogens is 228 g/mol. The van der Waals surface area contributed by atoms with E-state index in [1.807, 2.05) is 0 Å². The maximum atomic E-state index is 5.54. The lowest BCUT2D eigenvalue weighted by atomic mass is 10.1. The summed E-state index contributed by atoms with van der Waals surface area (Å²) in [5.41, 5.74) is 1.31. The lowest BCUT2D eigenvalue weighted by Gasteiger charge is -2.15. The first-order valence-corrected chi connectivity index (χ1v) is 6.80. The van der Waals surface area contributed by atoms with E-state index in [4.69, 9.17) is 9.15 Å². The van der Waals surface area contributed by atoms with Crippen molar-refractivity contribution in [2.45, 2.75) is 26.4 Å². The van der Waals surface area contributed by atoms with Gasteiger partial charge in [-0.05, 0) is 31.5 Å². The zero-order chi connectivity index (χ0) is 12.8. The highest BCUT2D eigenvalue weighted by molar-refractivity contribution is 5.17. The van der Waals surface area contributed by atoms with Crippen molar-refractivity contribution in [3.8, 4) is 0 Å². The molecule has 2 heterocycles. The third kappa shape index (κ3) is 3.57. The zero-order valence-corrected chi connectivity index (χ0v) is 11.4. The van der Waals surface area contributed by atoms with Crippen LogP contribution in [-0.2, 0) is 17.8 Å². The van der Waals surface area contributed by atoms with Gasteiger partial charge in [0.2, 0.25) is 0 Å². The molecular formula is C14H24N2O2. The number of hydrogen-bond donors (Lipinski definition) is 1. The first kappa shape index (κ1) is 13.6. The van der Waals surface area contributed by atoms with Gasteiger partial charge < -0.3 is 14.5 Å². The third-order valence-electron chi connectivity index (χ3n) is 3.54. The lowest BCUT2D eigenvalue weighted by molar-refractivity contribution is 0.152. The fraction of sp³-hybridized carbons (Fsp3) is 0.714. The molecule has 1 unspecified atom stereocenters. The van der Waals surface area contributed by atoms with Crippen molar-refractivity contribution in [1.29, 1.82) is 0 Å². The zero-order valence-electron chi connectivity index (χ0n) is 11.4. The molecule has 0 aromatic carbocycles. The Morgan fingerprint density at radius 1 is 1.56 bits per heavy atom. The van der Waals surface area contributed by atoms with Gasteiger partial charge in [-0.25, -0.2) is 0 Å². The van der Waals surface area contributed by atoms with E-state index in [0.717, 1.165) is 38.5 Å². The Morgan fingerprint density at radius 2 is 2.44 bits per heavy atom. The van der Waals surface area contributed by atoms with E-state index in [1.165, 1.54) is 18.5 Å². The molecule has 1 atom stereocenters. The summed E-state index contributed by atoms with van der Waals surface area (Å²) in [6, 6.07) is 2.09. The molecule has 0 amide bonds. The molecule has 1 N–H and O–H groups in total. The van der Waals surface area contributed by atoms with Crippen LogP contribution in [0.5, 0.6) is 0 Å². The van der Waals surface area contributed by atoms with Gasteiger partial charge in [-0.1, -0.05) is 6.92 Å². The predicted molar refractivity (Wildman–Crippen MR) is 71.3 cm³/mol. The molecule has 2 rings (SSSR count). The number of hydrogen-bond acceptors (Lipinski definition) is 4. The number of furan rings is 1. The van der Waals surface area contributed by atoms with E-state index in [2.05, 4.69) is 23.2 Å². The molecule has 18 heavy (non-hydrogen) atoms. The molecule has 4 heteroatoms. The molecule has 0 aliphatic carbocycles. The lowest BCUT2D eigenvalue weighted by Crippen LogP contribution is -2.22. The van der Waals surface area contributed by atoms with Gasteiger partial charge in [-0.3, -0.25) is 4.90 Å². The highest BCUT2D eigenvalue weighted by Crippen LogP contribution is 2.21. The Morgan fingerprint density at radius 3 is 3.22 bits per heavy atom. The maximum Gasteiger partial charge on any atom is 0.122 e. The van der Waals surface area contributed by atoms with Crippen molar-refractivity contribution < 1.29 is 9.15 Å². The SMILES string of the molecule is CCNCc1occc1CN1CCC(COC)C1. The Labute approximate surface area is 109 Å². The molecule has 1 fully saturated rings. The Kier molecular flexibility index (Phi) is 5.23. The minimum absolute atomic E-state index is 0.694. The van der Waals surface area contributed by atoms with Crippen LogP contribution in [0.15, 0.2) is 16.7 Å². The fourth-order valence-corrected chi connectivity index (χ4v) is 2.57. The van der Waals surface area contributed by atoms with Crippen molar-refractivity contribution in [3.63, 3.8) is 0 Å². The van der Waals surface area contributed by atoms with Crippen molar-refractivity contribution in [2.75, 3.05) is 33.4 Å². The van der Waals surface area contributed by atoms with Gasteiger partial charge in [0.15, 0.2) is 0 Å². The summed E-state index contributed by atoms with van der Waals surface area (Å²) < 4.78 is 10.8. The number of ether oxygens (including phenoxy) is 1. The second-order valence-corrected chi connectivity index (χ2v) is 4.99. The average Bonchev–Trinajstić information content (AvgIpc) is 2.98. The summed E-state index contributed by atoms with van der Waals surface area (Å²) in [5, 5.41) is 3.31. The van der Waals surface area contributed by atoms with Gasteiger partial charge in [0.25, 0.3) is 0 Å². The Hall–Kier alpha value is -0.840. The monoisotopic (exact) mass is 252 g/mol. The van der Waals surface area contributed by atoms with E-state index in [-0.39, 0.29) is 0 Å². The first-order chi connectivity index (χ1) is 8.83. The second kappa shape index (κ2) is 6.92. The Bertz CT molecular complexity index is 351. The standard InChI is InChI=1S/C14H24N2O2/c1-3-15-8-14-13(5-7-18-14)10-16-6-4-12(9-16)11-17-2/h5,7,12,15H,3-4,6,8-11H2,1-2H3. The summed E-state index contributed by atoms with van der Waals surface area (Å²) >= 11 is 0. The van der Waals surface area contributed by atoms with Gasteiger partial charge in [-0.15, -0.1) is 0 Å². The van der Waals surface area contributed by atoms with E-state index in [9.17, 15) is 0 Å². The van der Waals surface area contributed by atoms with Crippen LogP contribution in [-0.4, -0.2) is 38.3 Å². The molecule has 1 aliphatic heterocycles. The van der Waals surface area contributed by atoms with E-state index >= 15 is 0 Å². The van der Waals surface area contributed by atoms with Crippen LogP contribution < -0.4 is 5.32 Å². The molecule has 1 aromatic rings. The summed E-state index contributed by atoms with van der Waals surface area (Å²) in [5.74, 6) is 1.77. The molecule has 102 valence electrons. The maximum absolute atomic E-state index is 5.54. The van der Waals surface area contributed by atoms with Gasteiger partial charge in [0.1, 0.15) is 5.76 Å². The predicted octanol–water partition coefficient (Wildman–Crippen LogP) is 1.86. The molecule has 0 radical (unpaired) electrons. The normalized spacial score (nSPS) is 20.7. The summed E-state index contributed by atoms with van der Waals surface area (Å²) in [4.78, 5) is 2.49. The van der Waals surface area contributed by atoms with Crippen molar-refractivity contribution in [3.05, 3.63) is 23.7 Å². The summed E-state index contributed by atoms with van der Waals surface area (Å²) in [7, 11) is 1.78. The van der Waals surface area contributed by atoms with Crippen LogP contribution in [0, 0.1) is 5.92 Å². The highest BCUT2D eigenvalue weighted by atomic mass is 16.5. The van der Waals surface area contributed by atoms with Crippen LogP contribution in [0.25, 0.3) is 0 Å². The van der Waals surface area contributed by atoms with Crippen molar-refractivity contribution >= 4 is 0 Å². The van der Waals surface area contributed by atoms with Gasteiger partial charge in [0.05, 0.1) is 19.4 Å². The smallest absolute Gasteiger partial charge is 0.122 e. The topological polar surface area (TPSA) is 37.6 Å². The average molecular weight is 252 g/mol. The minimum Gasteiger partial charge on any atom is -0.468 e. The molecule has 1 saturated heterocycles. The fourth-order valence-electron chi connectivity index (χ4n) is 2.57. The van der Waals surface area contributed by atoms with E-state index < -0.39 is 0 Å². The number of methoxy groups -OCH3 is 1. The highest BCUT2D eigenvalue weighted by Gasteiger charge is 2.23. The molecule has 0 bridgehead atoms. The van der Waals surface area contributed by atoms with Crippen molar-refractivity contribution in [2.24, 2.45) is 5.92 Å². The molecule has 1 aromatic heterocycles. The van der Waals surface area contributed by atoms with Crippen molar-refractivity contribution in [1.82, 2.24) is 10.2 Å². The first-order valence-electron chi connectivity index (χ1n) is 6.80. The van der Waals surface area contributed by atoms with Gasteiger partial charge in [0, 0.05) is 25.8 Å². The number of likely N-dealkylation sites (tertiary alicyclic amines) is 1. The van der Waals surface area contributed by atoms with Crippen LogP contribution in [0.4, 0.5) is 0 Å². The van der Waals surface area contributed by atoms with Crippen LogP contribution in [0.1, 0.15) is 24.7 Å². The van der Waals surface area contributed by atoms with E-state index in [0.29, 0.717) is 5.92 Å². The second-order valence-electron chi connectivity index (χ2n) is 4.99. The third-order valence-corrected chi connectivity index (χ3v) is 3.54. The largest absolute Gasteiger partial charge is 0.468 e. The molecule has 0 spiro atoms. The quantitative estimate of drug-likeness (QED) is 0.804. The Balaban J connectivity index is 1.84.